The molecule has 0 saturated heterocycles. The summed E-state index contributed by atoms with van der Waals surface area (Å²) in [7, 11) is 2.90. The van der Waals surface area contributed by atoms with Crippen molar-refractivity contribution in [2.24, 2.45) is 16.3 Å². The van der Waals surface area contributed by atoms with Gasteiger partial charge in [0, 0.05) is 25.0 Å². The maximum atomic E-state index is 14.1. The Morgan fingerprint density at radius 3 is 2.67 bits per heavy atom. The van der Waals surface area contributed by atoms with E-state index in [-0.39, 0.29) is 41.5 Å². The molecule has 0 fully saturated rings. The van der Waals surface area contributed by atoms with Crippen LogP contribution in [0.3, 0.4) is 0 Å². The molecule has 0 saturated carbocycles. The van der Waals surface area contributed by atoms with E-state index in [1.807, 2.05) is 0 Å². The van der Waals surface area contributed by atoms with Gasteiger partial charge in [0.15, 0.2) is 11.4 Å². The van der Waals surface area contributed by atoms with Gasteiger partial charge >= 0.3 is 6.36 Å². The Hall–Kier alpha value is -2.74. The molecule has 3 atom stereocenters. The zero-order chi connectivity index (χ0) is 24.8. The van der Waals surface area contributed by atoms with Crippen molar-refractivity contribution in [3.8, 4) is 0 Å². The molecule has 1 aliphatic rings. The van der Waals surface area contributed by atoms with E-state index >= 15 is 0 Å². The summed E-state index contributed by atoms with van der Waals surface area (Å²) in [4.78, 5) is 24.3. The number of nitrogens with one attached hydrogen (secondary N) is 3. The molecule has 0 radical (unpaired) electrons. The standard InChI is InChI=1S/C18H20ClF4N5O4S/c1-24-16(30)14-9(15(19)31-17(14)25-2)6-13(29)27-28-26-11(7-33)8-3-4-12(10(20)5-8)32-18(21,22)23/h4,7-8,10-11,25H,3,5-6H2,1-2H3,(H,24,30)(H,26,27,29). The predicted molar refractivity (Wildman–Crippen MR) is 114 cm³/mol. The maximum Gasteiger partial charge on any atom is 0.572 e. The summed E-state index contributed by atoms with van der Waals surface area (Å²) in [5.41, 5.74) is 2.31. The number of hydrogen-bond donors (Lipinski definition) is 3. The number of anilines is 1. The lowest BCUT2D eigenvalue weighted by molar-refractivity contribution is -0.309. The Morgan fingerprint density at radius 2 is 2.12 bits per heavy atom. The minimum absolute atomic E-state index is 0.0174. The number of ether oxygens (including phenoxy) is 1. The van der Waals surface area contributed by atoms with Crippen LogP contribution in [0.5, 0.6) is 0 Å². The first-order valence-electron chi connectivity index (χ1n) is 9.45. The second-order valence-electron chi connectivity index (χ2n) is 6.79. The fraction of sp³-hybridized carbons (Fsp3) is 0.500. The lowest BCUT2D eigenvalue weighted by atomic mass is 9.87. The van der Waals surface area contributed by atoms with Crippen LogP contribution < -0.4 is 16.1 Å². The predicted octanol–water partition coefficient (Wildman–Crippen LogP) is 3.90. The number of halogens is 5. The largest absolute Gasteiger partial charge is 0.572 e. The summed E-state index contributed by atoms with van der Waals surface area (Å²) in [6.07, 6.45) is -6.65. The fourth-order valence-electron chi connectivity index (χ4n) is 3.11. The van der Waals surface area contributed by atoms with Crippen molar-refractivity contribution in [1.29, 1.82) is 0 Å². The first kappa shape index (κ1) is 26.5. The van der Waals surface area contributed by atoms with Crippen LogP contribution in [0.1, 0.15) is 28.8 Å². The molecule has 0 aromatic carbocycles. The summed E-state index contributed by atoms with van der Waals surface area (Å²) >= 11 is 10.8. The second kappa shape index (κ2) is 11.4. The molecule has 2 rings (SSSR count). The average molecular weight is 514 g/mol. The summed E-state index contributed by atoms with van der Waals surface area (Å²) in [5, 5.41) is 13.5. The molecule has 3 unspecified atom stereocenters. The molecule has 33 heavy (non-hydrogen) atoms. The number of alkyl halides is 4. The monoisotopic (exact) mass is 513 g/mol. The van der Waals surface area contributed by atoms with Gasteiger partial charge in [-0.25, -0.2) is 9.82 Å². The number of hydrogen-bond acceptors (Lipinski definition) is 8. The number of nitrogens with zero attached hydrogens (tertiary/aromatic N) is 2. The van der Waals surface area contributed by atoms with E-state index in [1.165, 1.54) is 19.5 Å². The molecule has 1 heterocycles. The molecule has 1 aliphatic carbocycles. The highest BCUT2D eigenvalue weighted by molar-refractivity contribution is 7.79. The minimum Gasteiger partial charge on any atom is -0.428 e. The lowest BCUT2D eigenvalue weighted by Gasteiger charge is -2.27. The van der Waals surface area contributed by atoms with Crippen LogP contribution in [0.2, 0.25) is 5.22 Å². The van der Waals surface area contributed by atoms with Crippen molar-refractivity contribution in [1.82, 2.24) is 10.7 Å². The summed E-state index contributed by atoms with van der Waals surface area (Å²) in [6.45, 7) is 0. The highest BCUT2D eigenvalue weighted by atomic mass is 35.5. The highest BCUT2D eigenvalue weighted by Gasteiger charge is 2.38. The van der Waals surface area contributed by atoms with Crippen LogP contribution in [0.25, 0.3) is 0 Å². The Labute approximate surface area is 195 Å². The normalized spacial score (nSPS) is 19.5. The van der Waals surface area contributed by atoms with Crippen LogP contribution in [0.15, 0.2) is 26.6 Å². The van der Waals surface area contributed by atoms with Crippen molar-refractivity contribution in [3.05, 3.63) is 28.2 Å². The first-order chi connectivity index (χ1) is 15.5. The molecule has 3 N–H and O–H groups in total. The molecule has 0 bridgehead atoms. The lowest BCUT2D eigenvalue weighted by Crippen LogP contribution is -2.30. The molecular formula is C18H20ClF4N5O4S. The van der Waals surface area contributed by atoms with E-state index in [4.69, 9.17) is 28.2 Å². The van der Waals surface area contributed by atoms with E-state index in [0.29, 0.717) is 0 Å². The average Bonchev–Trinajstić information content (AvgIpc) is 3.06. The maximum absolute atomic E-state index is 14.1. The Morgan fingerprint density at radius 1 is 1.42 bits per heavy atom. The topological polar surface area (TPSA) is 117 Å². The van der Waals surface area contributed by atoms with Crippen LogP contribution >= 0.6 is 23.8 Å². The number of furan rings is 1. The van der Waals surface area contributed by atoms with Gasteiger partial charge in [-0.2, -0.15) is 5.11 Å². The molecule has 9 nitrogen and oxygen atoms in total. The van der Waals surface area contributed by atoms with Gasteiger partial charge in [0.05, 0.1) is 6.42 Å². The number of thiocarbonyl (C=S) groups is 1. The van der Waals surface area contributed by atoms with Gasteiger partial charge in [0.1, 0.15) is 17.4 Å². The minimum atomic E-state index is -4.99. The molecule has 0 spiro atoms. The van der Waals surface area contributed by atoms with Gasteiger partial charge < -0.3 is 19.8 Å². The van der Waals surface area contributed by atoms with Crippen molar-refractivity contribution >= 4 is 46.9 Å². The Balaban J connectivity index is 2.02. The first-order valence-corrected chi connectivity index (χ1v) is 10.3. The van der Waals surface area contributed by atoms with E-state index in [9.17, 15) is 27.2 Å². The highest BCUT2D eigenvalue weighted by Crippen LogP contribution is 2.34. The number of rotatable bonds is 9. The molecule has 2 amide bonds. The molecule has 0 aliphatic heterocycles. The number of carbonyl (C=O) groups is 2. The van der Waals surface area contributed by atoms with Crippen LogP contribution in [0.4, 0.5) is 23.4 Å². The number of amides is 2. The summed E-state index contributed by atoms with van der Waals surface area (Å²) < 4.78 is 59.9. The molecule has 1 aromatic heterocycles. The quantitative estimate of drug-likeness (QED) is 0.199. The smallest absolute Gasteiger partial charge is 0.428 e. The van der Waals surface area contributed by atoms with E-state index in [2.05, 4.69) is 31.1 Å². The molecule has 182 valence electrons. The number of allylic oxidation sites excluding steroid dienone is 2. The fourth-order valence-corrected chi connectivity index (χ4v) is 3.63. The van der Waals surface area contributed by atoms with Gasteiger partial charge in [-0.05, 0) is 36.4 Å². The third kappa shape index (κ3) is 7.12. The summed E-state index contributed by atoms with van der Waals surface area (Å²) in [5.74, 6) is -2.54. The van der Waals surface area contributed by atoms with Crippen molar-refractivity contribution < 1.29 is 36.3 Å². The van der Waals surface area contributed by atoms with Gasteiger partial charge in [-0.3, -0.25) is 9.59 Å². The SMILES string of the molecule is CNC(=O)c1c(NC)oc(Cl)c1CC(=O)NN=NC(C=S)C1CC=C(OC(F)(F)F)C(F)C1. The third-order valence-corrected chi connectivity index (χ3v) is 5.22. The van der Waals surface area contributed by atoms with Gasteiger partial charge in [0.25, 0.3) is 5.91 Å². The zero-order valence-corrected chi connectivity index (χ0v) is 18.9. The van der Waals surface area contributed by atoms with Gasteiger partial charge in [-0.1, -0.05) is 17.4 Å². The molecular weight excluding hydrogens is 494 g/mol. The van der Waals surface area contributed by atoms with Crippen molar-refractivity contribution in [2.75, 3.05) is 19.4 Å². The Bertz CT molecular complexity index is 953. The van der Waals surface area contributed by atoms with E-state index < -0.39 is 42.1 Å². The molecule has 15 heteroatoms. The van der Waals surface area contributed by atoms with Crippen LogP contribution in [0, 0.1) is 5.92 Å². The van der Waals surface area contributed by atoms with Crippen molar-refractivity contribution in [3.63, 3.8) is 0 Å². The number of carbonyl (C=O) groups excluding carboxylic acids is 2. The van der Waals surface area contributed by atoms with E-state index in [1.54, 1.807) is 0 Å². The van der Waals surface area contributed by atoms with Gasteiger partial charge in [-0.15, -0.1) is 13.2 Å². The molecule has 1 aromatic rings. The van der Waals surface area contributed by atoms with Gasteiger partial charge in [0.2, 0.25) is 11.8 Å². The summed E-state index contributed by atoms with van der Waals surface area (Å²) in [6, 6.07) is -0.850. The Kier molecular flexibility index (Phi) is 9.16. The van der Waals surface area contributed by atoms with Crippen LogP contribution in [-0.2, 0) is 16.0 Å². The van der Waals surface area contributed by atoms with Crippen molar-refractivity contribution in [2.45, 2.75) is 37.8 Å². The third-order valence-electron chi connectivity index (χ3n) is 4.64. The van der Waals surface area contributed by atoms with E-state index in [0.717, 1.165) is 6.08 Å². The zero-order valence-electron chi connectivity index (χ0n) is 17.3. The van der Waals surface area contributed by atoms with Crippen LogP contribution in [-0.4, -0.2) is 49.9 Å². The second-order valence-corrected chi connectivity index (χ2v) is 7.41.